The Bertz CT molecular complexity index is 595. The summed E-state index contributed by atoms with van der Waals surface area (Å²) in [5.74, 6) is 0.291. The van der Waals surface area contributed by atoms with E-state index in [9.17, 15) is 4.79 Å². The molecular weight excluding hydrogens is 296 g/mol. The van der Waals surface area contributed by atoms with Crippen LogP contribution in [0.3, 0.4) is 0 Å². The van der Waals surface area contributed by atoms with Crippen molar-refractivity contribution in [2.45, 2.75) is 25.6 Å². The second-order valence-corrected chi connectivity index (χ2v) is 6.13. The third-order valence-electron chi connectivity index (χ3n) is 3.55. The lowest BCUT2D eigenvalue weighted by molar-refractivity contribution is -0.170. The maximum atomic E-state index is 12.4. The van der Waals surface area contributed by atoms with Crippen molar-refractivity contribution >= 4 is 5.91 Å². The molecule has 1 unspecified atom stereocenters. The van der Waals surface area contributed by atoms with E-state index in [1.165, 1.54) is 0 Å². The first-order valence-corrected chi connectivity index (χ1v) is 7.51. The Morgan fingerprint density at radius 3 is 2.91 bits per heavy atom. The molecule has 1 saturated heterocycles. The molecule has 6 heteroatoms. The molecule has 6 nitrogen and oxygen atoms in total. The number of benzene rings is 1. The minimum absolute atomic E-state index is 0.103. The molecule has 1 atom stereocenters. The summed E-state index contributed by atoms with van der Waals surface area (Å²) in [6.45, 7) is 5.19. The van der Waals surface area contributed by atoms with Gasteiger partial charge in [0, 0.05) is 20.2 Å². The Morgan fingerprint density at radius 2 is 2.22 bits per heavy atom. The molecule has 0 aromatic heterocycles. The standard InChI is InChI=1S/C17H22N2O4/c1-17(2)12-19(9-14(23-17)10-21-3)16(20)11-22-15-7-5-4-6-13(15)8-18/h4-7,14H,9-12H2,1-3H3. The van der Waals surface area contributed by atoms with Gasteiger partial charge in [-0.25, -0.2) is 0 Å². The van der Waals surface area contributed by atoms with Crippen LogP contribution in [0.5, 0.6) is 5.75 Å². The Morgan fingerprint density at radius 1 is 1.48 bits per heavy atom. The number of nitrogens with zero attached hydrogens (tertiary/aromatic N) is 2. The number of methoxy groups -OCH3 is 1. The molecule has 0 N–H and O–H groups in total. The molecule has 23 heavy (non-hydrogen) atoms. The number of morpholine rings is 1. The van der Waals surface area contributed by atoms with Gasteiger partial charge in [0.1, 0.15) is 11.8 Å². The van der Waals surface area contributed by atoms with Gasteiger partial charge in [-0.2, -0.15) is 5.26 Å². The molecule has 1 aromatic carbocycles. The van der Waals surface area contributed by atoms with Crippen LogP contribution in [-0.2, 0) is 14.3 Å². The van der Waals surface area contributed by atoms with Crippen LogP contribution in [0, 0.1) is 11.3 Å². The zero-order chi connectivity index (χ0) is 16.9. The third kappa shape index (κ3) is 4.68. The van der Waals surface area contributed by atoms with Gasteiger partial charge >= 0.3 is 0 Å². The molecule has 1 aliphatic rings. The van der Waals surface area contributed by atoms with E-state index in [4.69, 9.17) is 19.5 Å². The predicted molar refractivity (Wildman–Crippen MR) is 84.1 cm³/mol. The quantitative estimate of drug-likeness (QED) is 0.824. The highest BCUT2D eigenvalue weighted by molar-refractivity contribution is 5.78. The van der Waals surface area contributed by atoms with E-state index < -0.39 is 5.60 Å². The predicted octanol–water partition coefficient (Wildman–Crippen LogP) is 1.59. The topological polar surface area (TPSA) is 71.8 Å². The SMILES string of the molecule is COCC1CN(C(=O)COc2ccccc2C#N)CC(C)(C)O1. The highest BCUT2D eigenvalue weighted by Gasteiger charge is 2.35. The van der Waals surface area contributed by atoms with E-state index in [2.05, 4.69) is 0 Å². The number of amides is 1. The Hall–Kier alpha value is -2.10. The van der Waals surface area contributed by atoms with Crippen molar-refractivity contribution in [2.24, 2.45) is 0 Å². The van der Waals surface area contributed by atoms with Crippen molar-refractivity contribution in [1.82, 2.24) is 4.90 Å². The van der Waals surface area contributed by atoms with Crippen LogP contribution in [-0.4, -0.2) is 55.9 Å². The second kappa shape index (κ2) is 7.44. The minimum atomic E-state index is -0.429. The number of para-hydroxylation sites is 1. The third-order valence-corrected chi connectivity index (χ3v) is 3.55. The first-order chi connectivity index (χ1) is 10.9. The Balaban J connectivity index is 1.98. The molecule has 0 bridgehead atoms. The summed E-state index contributed by atoms with van der Waals surface area (Å²) in [6, 6.07) is 8.92. The van der Waals surface area contributed by atoms with Gasteiger partial charge in [-0.05, 0) is 26.0 Å². The lowest BCUT2D eigenvalue weighted by Crippen LogP contribution is -2.56. The van der Waals surface area contributed by atoms with Crippen LogP contribution in [0.2, 0.25) is 0 Å². The molecule has 1 heterocycles. The maximum Gasteiger partial charge on any atom is 0.260 e. The normalized spacial score (nSPS) is 19.9. The van der Waals surface area contributed by atoms with Gasteiger partial charge in [0.05, 0.1) is 23.9 Å². The van der Waals surface area contributed by atoms with Crippen LogP contribution >= 0.6 is 0 Å². The fourth-order valence-electron chi connectivity index (χ4n) is 2.67. The number of ether oxygens (including phenoxy) is 3. The average Bonchev–Trinajstić information content (AvgIpc) is 2.51. The molecule has 1 aliphatic heterocycles. The molecule has 124 valence electrons. The molecule has 0 aliphatic carbocycles. The summed E-state index contributed by atoms with van der Waals surface area (Å²) in [4.78, 5) is 14.2. The van der Waals surface area contributed by atoms with Gasteiger partial charge in [-0.3, -0.25) is 4.79 Å². The average molecular weight is 318 g/mol. The molecule has 1 aromatic rings. The van der Waals surface area contributed by atoms with Crippen LogP contribution < -0.4 is 4.74 Å². The van der Waals surface area contributed by atoms with E-state index in [-0.39, 0.29) is 18.6 Å². The van der Waals surface area contributed by atoms with E-state index in [0.717, 1.165) is 0 Å². The van der Waals surface area contributed by atoms with Gasteiger partial charge in [0.15, 0.2) is 6.61 Å². The fourth-order valence-corrected chi connectivity index (χ4v) is 2.67. The monoisotopic (exact) mass is 318 g/mol. The molecule has 0 saturated carbocycles. The molecule has 0 radical (unpaired) electrons. The largest absolute Gasteiger partial charge is 0.482 e. The molecule has 2 rings (SSSR count). The molecule has 1 amide bonds. The second-order valence-electron chi connectivity index (χ2n) is 6.13. The number of hydrogen-bond donors (Lipinski definition) is 0. The van der Waals surface area contributed by atoms with Crippen LogP contribution in [0.25, 0.3) is 0 Å². The van der Waals surface area contributed by atoms with Crippen molar-refractivity contribution in [3.05, 3.63) is 29.8 Å². The number of rotatable bonds is 5. The summed E-state index contributed by atoms with van der Waals surface area (Å²) in [5, 5.41) is 9.04. The number of carbonyl (C=O) groups excluding carboxylic acids is 1. The van der Waals surface area contributed by atoms with Crippen LogP contribution in [0.4, 0.5) is 0 Å². The van der Waals surface area contributed by atoms with E-state index >= 15 is 0 Å². The van der Waals surface area contributed by atoms with Gasteiger partial charge in [0.2, 0.25) is 0 Å². The summed E-state index contributed by atoms with van der Waals surface area (Å²) >= 11 is 0. The summed E-state index contributed by atoms with van der Waals surface area (Å²) in [7, 11) is 1.61. The van der Waals surface area contributed by atoms with Crippen LogP contribution in [0.15, 0.2) is 24.3 Å². The van der Waals surface area contributed by atoms with Gasteiger partial charge < -0.3 is 19.1 Å². The van der Waals surface area contributed by atoms with Crippen molar-refractivity contribution in [3.63, 3.8) is 0 Å². The maximum absolute atomic E-state index is 12.4. The Kier molecular flexibility index (Phi) is 5.59. The zero-order valence-electron chi connectivity index (χ0n) is 13.7. The first-order valence-electron chi connectivity index (χ1n) is 7.51. The van der Waals surface area contributed by atoms with Gasteiger partial charge in [-0.15, -0.1) is 0 Å². The molecule has 1 fully saturated rings. The van der Waals surface area contributed by atoms with Crippen LogP contribution in [0.1, 0.15) is 19.4 Å². The summed E-state index contributed by atoms with van der Waals surface area (Å²) < 4.78 is 16.5. The van der Waals surface area contributed by atoms with E-state index in [0.29, 0.717) is 31.0 Å². The smallest absolute Gasteiger partial charge is 0.260 e. The van der Waals surface area contributed by atoms with E-state index in [1.807, 2.05) is 19.9 Å². The van der Waals surface area contributed by atoms with Gasteiger partial charge in [-0.1, -0.05) is 12.1 Å². The van der Waals surface area contributed by atoms with Crippen molar-refractivity contribution in [2.75, 3.05) is 33.4 Å². The minimum Gasteiger partial charge on any atom is -0.482 e. The van der Waals surface area contributed by atoms with E-state index in [1.54, 1.807) is 36.3 Å². The van der Waals surface area contributed by atoms with Gasteiger partial charge in [0.25, 0.3) is 5.91 Å². The lowest BCUT2D eigenvalue weighted by atomic mass is 10.1. The highest BCUT2D eigenvalue weighted by atomic mass is 16.5. The van der Waals surface area contributed by atoms with Crippen molar-refractivity contribution in [1.29, 1.82) is 5.26 Å². The summed E-state index contributed by atoms with van der Waals surface area (Å²) in [6.07, 6.45) is -0.154. The summed E-state index contributed by atoms with van der Waals surface area (Å²) in [5.41, 5.74) is -0.0124. The lowest BCUT2D eigenvalue weighted by Gasteiger charge is -2.42. The van der Waals surface area contributed by atoms with Crippen molar-refractivity contribution < 1.29 is 19.0 Å². The first kappa shape index (κ1) is 17.3. The van der Waals surface area contributed by atoms with Crippen molar-refractivity contribution in [3.8, 4) is 11.8 Å². The highest BCUT2D eigenvalue weighted by Crippen LogP contribution is 2.22. The number of nitriles is 1. The zero-order valence-corrected chi connectivity index (χ0v) is 13.7. The fraction of sp³-hybridized carbons (Fsp3) is 0.529. The number of carbonyl (C=O) groups is 1. The molecule has 0 spiro atoms. The molecular formula is C17H22N2O4. The Labute approximate surface area is 136 Å². The number of hydrogen-bond acceptors (Lipinski definition) is 5.